The van der Waals surface area contributed by atoms with Gasteiger partial charge in [0.1, 0.15) is 11.6 Å². The molecule has 0 aliphatic heterocycles. The van der Waals surface area contributed by atoms with Gasteiger partial charge < -0.3 is 10.6 Å². The predicted molar refractivity (Wildman–Crippen MR) is 80.2 cm³/mol. The second kappa shape index (κ2) is 6.52. The first-order valence-corrected chi connectivity index (χ1v) is 6.77. The van der Waals surface area contributed by atoms with E-state index >= 15 is 0 Å². The Balaban J connectivity index is 2.23. The van der Waals surface area contributed by atoms with Gasteiger partial charge in [-0.05, 0) is 31.5 Å². The SMILES string of the molecule is CCCNc1ncc(C)c(Nc2ccc(F)cc2Cl)n1. The molecule has 0 aliphatic carbocycles. The van der Waals surface area contributed by atoms with Gasteiger partial charge in [0, 0.05) is 18.3 Å². The highest BCUT2D eigenvalue weighted by Gasteiger charge is 2.07. The van der Waals surface area contributed by atoms with Crippen molar-refractivity contribution in [1.29, 1.82) is 0 Å². The molecule has 2 rings (SSSR count). The van der Waals surface area contributed by atoms with Crippen LogP contribution in [0.4, 0.5) is 21.8 Å². The highest BCUT2D eigenvalue weighted by atomic mass is 35.5. The Bertz CT molecular complexity index is 604. The number of nitrogens with zero attached hydrogens (tertiary/aromatic N) is 2. The topological polar surface area (TPSA) is 49.8 Å². The van der Waals surface area contributed by atoms with E-state index in [2.05, 4.69) is 27.5 Å². The maximum atomic E-state index is 13.0. The maximum Gasteiger partial charge on any atom is 0.224 e. The number of nitrogens with one attached hydrogen (secondary N) is 2. The summed E-state index contributed by atoms with van der Waals surface area (Å²) in [5.41, 5.74) is 1.49. The molecule has 0 amide bonds. The van der Waals surface area contributed by atoms with E-state index in [4.69, 9.17) is 11.6 Å². The molecule has 0 saturated carbocycles. The fraction of sp³-hybridized carbons (Fsp3) is 0.286. The number of hydrogen-bond acceptors (Lipinski definition) is 4. The zero-order chi connectivity index (χ0) is 14.5. The summed E-state index contributed by atoms with van der Waals surface area (Å²) >= 11 is 5.99. The average Bonchev–Trinajstić information content (AvgIpc) is 2.42. The minimum atomic E-state index is -0.370. The molecule has 1 aromatic carbocycles. The number of rotatable bonds is 5. The molecule has 4 nitrogen and oxygen atoms in total. The molecule has 0 atom stereocenters. The molecule has 106 valence electrons. The number of aryl methyl sites for hydroxylation is 1. The minimum absolute atomic E-state index is 0.311. The van der Waals surface area contributed by atoms with Crippen molar-refractivity contribution in [1.82, 2.24) is 9.97 Å². The Kier molecular flexibility index (Phi) is 4.74. The van der Waals surface area contributed by atoms with Gasteiger partial charge in [-0.2, -0.15) is 4.98 Å². The van der Waals surface area contributed by atoms with Gasteiger partial charge in [0.05, 0.1) is 10.7 Å². The lowest BCUT2D eigenvalue weighted by Gasteiger charge is -2.11. The van der Waals surface area contributed by atoms with Crippen LogP contribution in [0.15, 0.2) is 24.4 Å². The number of hydrogen-bond donors (Lipinski definition) is 2. The van der Waals surface area contributed by atoms with Gasteiger partial charge in [0.25, 0.3) is 0 Å². The number of benzene rings is 1. The molecule has 20 heavy (non-hydrogen) atoms. The molecule has 0 bridgehead atoms. The van der Waals surface area contributed by atoms with Crippen LogP contribution in [-0.2, 0) is 0 Å². The van der Waals surface area contributed by atoms with Crippen LogP contribution in [0.5, 0.6) is 0 Å². The third-order valence-electron chi connectivity index (χ3n) is 2.69. The smallest absolute Gasteiger partial charge is 0.224 e. The van der Waals surface area contributed by atoms with Gasteiger partial charge >= 0.3 is 0 Å². The lowest BCUT2D eigenvalue weighted by Crippen LogP contribution is -2.07. The summed E-state index contributed by atoms with van der Waals surface area (Å²) in [6.07, 6.45) is 2.72. The Labute approximate surface area is 122 Å². The Morgan fingerprint density at radius 1 is 1.35 bits per heavy atom. The van der Waals surface area contributed by atoms with Gasteiger partial charge in [-0.25, -0.2) is 9.37 Å². The lowest BCUT2D eigenvalue weighted by molar-refractivity contribution is 0.628. The summed E-state index contributed by atoms with van der Waals surface area (Å²) in [7, 11) is 0. The molecular formula is C14H16ClFN4. The maximum absolute atomic E-state index is 13.0. The summed E-state index contributed by atoms with van der Waals surface area (Å²) in [6.45, 7) is 4.77. The minimum Gasteiger partial charge on any atom is -0.354 e. The fourth-order valence-electron chi connectivity index (χ4n) is 1.61. The fourth-order valence-corrected chi connectivity index (χ4v) is 1.82. The Morgan fingerprint density at radius 3 is 2.85 bits per heavy atom. The Hall–Kier alpha value is -1.88. The largest absolute Gasteiger partial charge is 0.354 e. The van der Waals surface area contributed by atoms with E-state index in [1.54, 1.807) is 12.3 Å². The summed E-state index contributed by atoms with van der Waals surface area (Å²) < 4.78 is 13.0. The van der Waals surface area contributed by atoms with Crippen LogP contribution in [0.2, 0.25) is 5.02 Å². The van der Waals surface area contributed by atoms with Gasteiger partial charge in [-0.15, -0.1) is 0 Å². The van der Waals surface area contributed by atoms with Gasteiger partial charge in [0.15, 0.2) is 0 Å². The normalized spacial score (nSPS) is 10.4. The quantitative estimate of drug-likeness (QED) is 0.870. The molecule has 0 unspecified atom stereocenters. The molecule has 0 radical (unpaired) electrons. The van der Waals surface area contributed by atoms with Crippen LogP contribution in [0.25, 0.3) is 0 Å². The van der Waals surface area contributed by atoms with Crippen LogP contribution >= 0.6 is 11.6 Å². The highest BCUT2D eigenvalue weighted by Crippen LogP contribution is 2.26. The van der Waals surface area contributed by atoms with Crippen LogP contribution < -0.4 is 10.6 Å². The zero-order valence-corrected chi connectivity index (χ0v) is 12.1. The third kappa shape index (κ3) is 3.57. The van der Waals surface area contributed by atoms with Gasteiger partial charge in [-0.3, -0.25) is 0 Å². The molecule has 2 N–H and O–H groups in total. The van der Waals surface area contributed by atoms with E-state index < -0.39 is 0 Å². The highest BCUT2D eigenvalue weighted by molar-refractivity contribution is 6.33. The van der Waals surface area contributed by atoms with Crippen molar-refractivity contribution < 1.29 is 4.39 Å². The number of halogens is 2. The van der Waals surface area contributed by atoms with Crippen molar-refractivity contribution >= 4 is 29.1 Å². The number of aromatic nitrogens is 2. The van der Waals surface area contributed by atoms with Crippen molar-refractivity contribution in [3.8, 4) is 0 Å². The zero-order valence-electron chi connectivity index (χ0n) is 11.4. The Morgan fingerprint density at radius 2 is 2.15 bits per heavy atom. The summed E-state index contributed by atoms with van der Waals surface area (Å²) in [5, 5.41) is 6.52. The van der Waals surface area contributed by atoms with E-state index in [-0.39, 0.29) is 5.82 Å². The molecule has 0 saturated heterocycles. The molecule has 0 spiro atoms. The second-order valence-corrected chi connectivity index (χ2v) is 4.81. The number of anilines is 3. The second-order valence-electron chi connectivity index (χ2n) is 4.40. The standard InChI is InChI=1S/C14H16ClFN4/c1-3-6-17-14-18-8-9(2)13(20-14)19-12-5-4-10(16)7-11(12)15/h4-5,7-8H,3,6H2,1-2H3,(H2,17,18,19,20). The van der Waals surface area contributed by atoms with Gasteiger partial charge in [0.2, 0.25) is 5.95 Å². The van der Waals surface area contributed by atoms with E-state index in [0.29, 0.717) is 22.5 Å². The first-order chi connectivity index (χ1) is 9.60. The first kappa shape index (κ1) is 14.5. The van der Waals surface area contributed by atoms with Crippen molar-refractivity contribution in [2.45, 2.75) is 20.3 Å². The average molecular weight is 295 g/mol. The van der Waals surface area contributed by atoms with Crippen LogP contribution in [0.1, 0.15) is 18.9 Å². The summed E-state index contributed by atoms with van der Waals surface area (Å²) in [5.74, 6) is 0.829. The van der Waals surface area contributed by atoms with E-state index in [0.717, 1.165) is 18.5 Å². The monoisotopic (exact) mass is 294 g/mol. The van der Waals surface area contributed by atoms with Gasteiger partial charge in [-0.1, -0.05) is 18.5 Å². The van der Waals surface area contributed by atoms with Crippen LogP contribution in [0, 0.1) is 12.7 Å². The molecule has 6 heteroatoms. The molecule has 2 aromatic rings. The predicted octanol–water partition coefficient (Wildman–Crippen LogP) is 4.14. The van der Waals surface area contributed by atoms with Crippen molar-refractivity contribution in [3.63, 3.8) is 0 Å². The van der Waals surface area contributed by atoms with E-state index in [1.807, 2.05) is 6.92 Å². The summed E-state index contributed by atoms with van der Waals surface area (Å²) in [4.78, 5) is 8.58. The summed E-state index contributed by atoms with van der Waals surface area (Å²) in [6, 6.07) is 4.19. The molecule has 1 heterocycles. The van der Waals surface area contributed by atoms with Crippen LogP contribution in [0.3, 0.4) is 0 Å². The molecule has 1 aromatic heterocycles. The van der Waals surface area contributed by atoms with Crippen LogP contribution in [-0.4, -0.2) is 16.5 Å². The van der Waals surface area contributed by atoms with E-state index in [1.165, 1.54) is 12.1 Å². The van der Waals surface area contributed by atoms with Crippen molar-refractivity contribution in [2.75, 3.05) is 17.2 Å². The van der Waals surface area contributed by atoms with E-state index in [9.17, 15) is 4.39 Å². The molecule has 0 aliphatic rings. The lowest BCUT2D eigenvalue weighted by atomic mass is 10.3. The van der Waals surface area contributed by atoms with Crippen molar-refractivity contribution in [3.05, 3.63) is 40.8 Å². The third-order valence-corrected chi connectivity index (χ3v) is 3.00. The molecule has 0 fully saturated rings. The molecular weight excluding hydrogens is 279 g/mol. The van der Waals surface area contributed by atoms with Crippen molar-refractivity contribution in [2.24, 2.45) is 0 Å². The first-order valence-electron chi connectivity index (χ1n) is 6.39.